The number of amides is 4. The zero-order chi connectivity index (χ0) is 31.0. The molecule has 0 bridgehead atoms. The van der Waals surface area contributed by atoms with E-state index in [1.165, 1.54) is 11.8 Å². The lowest BCUT2D eigenvalue weighted by atomic mass is 9.77. The standard InChI is InChI=1S/C35H39N3O5/c1-25(39)38-23-22-26(32(38)41)24-30(36-33(42)43-34(2,3)4)20-21-31(40)37-35(27-14-8-5-9-15-27,28-16-10-6-11-17-28)29-18-12-7-13-19-29/h5-19,24,30H,20-23H2,1-4H3,(H,36,42)(H,37,40). The van der Waals surface area contributed by atoms with E-state index in [-0.39, 0.29) is 37.1 Å². The first kappa shape index (κ1) is 31.2. The number of nitrogens with zero attached hydrogens (tertiary/aromatic N) is 1. The Morgan fingerprint density at radius 1 is 0.860 bits per heavy atom. The molecule has 1 atom stereocenters. The van der Waals surface area contributed by atoms with E-state index in [0.29, 0.717) is 12.0 Å². The van der Waals surface area contributed by atoms with Crippen LogP contribution < -0.4 is 10.6 Å². The quantitative estimate of drug-likeness (QED) is 0.258. The summed E-state index contributed by atoms with van der Waals surface area (Å²) in [6.45, 7) is 6.91. The van der Waals surface area contributed by atoms with E-state index >= 15 is 0 Å². The Labute approximate surface area is 253 Å². The molecule has 2 N–H and O–H groups in total. The number of likely N-dealkylation sites (tertiary alicyclic amines) is 1. The van der Waals surface area contributed by atoms with Crippen LogP contribution in [0.25, 0.3) is 0 Å². The Morgan fingerprint density at radius 2 is 1.35 bits per heavy atom. The van der Waals surface area contributed by atoms with Gasteiger partial charge in [0.05, 0.1) is 6.04 Å². The van der Waals surface area contributed by atoms with Crippen LogP contribution in [0.15, 0.2) is 103 Å². The summed E-state index contributed by atoms with van der Waals surface area (Å²) in [7, 11) is 0. The maximum atomic E-state index is 13.8. The summed E-state index contributed by atoms with van der Waals surface area (Å²) in [6, 6.07) is 28.7. The van der Waals surface area contributed by atoms with Crippen molar-refractivity contribution in [3.63, 3.8) is 0 Å². The number of alkyl carbamates (subject to hydrolysis) is 1. The van der Waals surface area contributed by atoms with E-state index < -0.39 is 23.3 Å². The van der Waals surface area contributed by atoms with Crippen molar-refractivity contribution in [3.8, 4) is 0 Å². The molecule has 3 aromatic rings. The molecule has 8 nitrogen and oxygen atoms in total. The van der Waals surface area contributed by atoms with Crippen molar-refractivity contribution < 1.29 is 23.9 Å². The lowest BCUT2D eigenvalue weighted by Gasteiger charge is -2.37. The fraction of sp³-hybridized carbons (Fsp3) is 0.314. The van der Waals surface area contributed by atoms with Crippen LogP contribution in [0.1, 0.15) is 63.6 Å². The number of rotatable bonds is 9. The van der Waals surface area contributed by atoms with E-state index in [9.17, 15) is 19.2 Å². The molecule has 1 aliphatic heterocycles. The molecule has 4 amide bonds. The van der Waals surface area contributed by atoms with Gasteiger partial charge in [-0.2, -0.15) is 0 Å². The Bertz CT molecular complexity index is 1370. The number of nitrogens with one attached hydrogen (secondary N) is 2. The molecule has 0 saturated carbocycles. The minimum absolute atomic E-state index is 0.0448. The summed E-state index contributed by atoms with van der Waals surface area (Å²) in [5.74, 6) is -0.957. The Balaban J connectivity index is 1.63. The molecule has 4 rings (SSSR count). The third-order valence-corrected chi connectivity index (χ3v) is 7.24. The van der Waals surface area contributed by atoms with Crippen LogP contribution in [-0.4, -0.2) is 46.9 Å². The molecule has 3 aromatic carbocycles. The van der Waals surface area contributed by atoms with Crippen molar-refractivity contribution >= 4 is 23.8 Å². The third kappa shape index (κ3) is 7.77. The molecule has 0 aromatic heterocycles. The lowest BCUT2D eigenvalue weighted by molar-refractivity contribution is -0.139. The van der Waals surface area contributed by atoms with Gasteiger partial charge in [0.2, 0.25) is 11.8 Å². The first-order valence-electron chi connectivity index (χ1n) is 14.5. The average molecular weight is 582 g/mol. The predicted octanol–water partition coefficient (Wildman–Crippen LogP) is 5.47. The molecular formula is C35H39N3O5. The van der Waals surface area contributed by atoms with E-state index in [4.69, 9.17) is 4.74 Å². The molecule has 1 heterocycles. The Morgan fingerprint density at radius 3 is 1.77 bits per heavy atom. The molecule has 1 aliphatic rings. The Hall–Kier alpha value is -4.72. The van der Waals surface area contributed by atoms with Gasteiger partial charge in [0.25, 0.3) is 5.91 Å². The zero-order valence-electron chi connectivity index (χ0n) is 25.1. The van der Waals surface area contributed by atoms with Crippen molar-refractivity contribution in [2.45, 2.75) is 64.1 Å². The Kier molecular flexibility index (Phi) is 9.80. The van der Waals surface area contributed by atoms with Crippen LogP contribution in [0.2, 0.25) is 0 Å². The van der Waals surface area contributed by atoms with Crippen LogP contribution in [-0.2, 0) is 24.7 Å². The summed E-state index contributed by atoms with van der Waals surface area (Å²) in [5, 5.41) is 6.13. The summed E-state index contributed by atoms with van der Waals surface area (Å²) >= 11 is 0. The number of carbonyl (C=O) groups is 4. The highest BCUT2D eigenvalue weighted by Crippen LogP contribution is 2.37. The smallest absolute Gasteiger partial charge is 0.408 e. The largest absolute Gasteiger partial charge is 0.444 e. The van der Waals surface area contributed by atoms with E-state index in [1.807, 2.05) is 91.0 Å². The molecule has 8 heteroatoms. The topological polar surface area (TPSA) is 105 Å². The first-order valence-corrected chi connectivity index (χ1v) is 14.5. The molecule has 0 spiro atoms. The van der Waals surface area contributed by atoms with Crippen molar-refractivity contribution in [1.82, 2.24) is 15.5 Å². The van der Waals surface area contributed by atoms with Gasteiger partial charge in [-0.25, -0.2) is 4.79 Å². The summed E-state index contributed by atoms with van der Waals surface area (Å²) in [6.07, 6.45) is 1.60. The van der Waals surface area contributed by atoms with Crippen molar-refractivity contribution in [3.05, 3.63) is 119 Å². The van der Waals surface area contributed by atoms with Gasteiger partial charge in [-0.3, -0.25) is 19.3 Å². The second kappa shape index (κ2) is 13.5. The summed E-state index contributed by atoms with van der Waals surface area (Å²) in [5.41, 5.74) is 1.40. The number of hydrogen-bond acceptors (Lipinski definition) is 5. The molecule has 1 fully saturated rings. The maximum absolute atomic E-state index is 13.8. The van der Waals surface area contributed by atoms with E-state index in [1.54, 1.807) is 26.8 Å². The summed E-state index contributed by atoms with van der Waals surface area (Å²) < 4.78 is 5.45. The number of imide groups is 1. The number of carbonyl (C=O) groups excluding carboxylic acids is 4. The monoisotopic (exact) mass is 581 g/mol. The van der Waals surface area contributed by atoms with Gasteiger partial charge in [-0.1, -0.05) is 97.1 Å². The van der Waals surface area contributed by atoms with Gasteiger partial charge in [0.1, 0.15) is 11.1 Å². The van der Waals surface area contributed by atoms with E-state index in [0.717, 1.165) is 16.7 Å². The van der Waals surface area contributed by atoms with Crippen LogP contribution >= 0.6 is 0 Å². The fourth-order valence-corrected chi connectivity index (χ4v) is 5.31. The molecular weight excluding hydrogens is 542 g/mol. The minimum atomic E-state index is -0.975. The van der Waals surface area contributed by atoms with Gasteiger partial charge in [0, 0.05) is 25.5 Å². The number of ether oxygens (including phenoxy) is 1. The van der Waals surface area contributed by atoms with Crippen LogP contribution in [0, 0.1) is 0 Å². The number of benzene rings is 3. The maximum Gasteiger partial charge on any atom is 0.408 e. The molecule has 43 heavy (non-hydrogen) atoms. The van der Waals surface area contributed by atoms with Gasteiger partial charge in [0.15, 0.2) is 0 Å². The van der Waals surface area contributed by atoms with Gasteiger partial charge >= 0.3 is 6.09 Å². The van der Waals surface area contributed by atoms with Crippen molar-refractivity contribution in [2.75, 3.05) is 6.54 Å². The van der Waals surface area contributed by atoms with E-state index in [2.05, 4.69) is 10.6 Å². The first-order chi connectivity index (χ1) is 20.5. The second-order valence-electron chi connectivity index (χ2n) is 11.6. The van der Waals surface area contributed by atoms with Crippen LogP contribution in [0.5, 0.6) is 0 Å². The van der Waals surface area contributed by atoms with Crippen molar-refractivity contribution in [1.29, 1.82) is 0 Å². The second-order valence-corrected chi connectivity index (χ2v) is 11.6. The minimum Gasteiger partial charge on any atom is -0.444 e. The van der Waals surface area contributed by atoms with Crippen molar-refractivity contribution in [2.24, 2.45) is 0 Å². The number of hydrogen-bond donors (Lipinski definition) is 2. The fourth-order valence-electron chi connectivity index (χ4n) is 5.31. The normalized spacial score (nSPS) is 15.2. The molecule has 0 radical (unpaired) electrons. The zero-order valence-corrected chi connectivity index (χ0v) is 25.1. The highest BCUT2D eigenvalue weighted by atomic mass is 16.6. The van der Waals surface area contributed by atoms with Crippen LogP contribution in [0.3, 0.4) is 0 Å². The highest BCUT2D eigenvalue weighted by molar-refractivity contribution is 6.05. The van der Waals surface area contributed by atoms with Crippen LogP contribution in [0.4, 0.5) is 4.79 Å². The molecule has 0 aliphatic carbocycles. The van der Waals surface area contributed by atoms with Gasteiger partial charge in [-0.15, -0.1) is 0 Å². The molecule has 1 saturated heterocycles. The molecule has 224 valence electrons. The molecule has 1 unspecified atom stereocenters. The predicted molar refractivity (Wildman–Crippen MR) is 165 cm³/mol. The SMILES string of the molecule is CC(=O)N1CCC(=CC(CCC(=O)NC(c2ccccc2)(c2ccccc2)c2ccccc2)NC(=O)OC(C)(C)C)C1=O. The van der Waals surface area contributed by atoms with Gasteiger partial charge in [-0.05, 0) is 50.3 Å². The third-order valence-electron chi connectivity index (χ3n) is 7.24. The lowest BCUT2D eigenvalue weighted by Crippen LogP contribution is -2.48. The highest BCUT2D eigenvalue weighted by Gasteiger charge is 2.38. The average Bonchev–Trinajstić information content (AvgIpc) is 3.35. The van der Waals surface area contributed by atoms with Gasteiger partial charge < -0.3 is 15.4 Å². The summed E-state index contributed by atoms with van der Waals surface area (Å²) in [4.78, 5) is 52.4.